The lowest BCUT2D eigenvalue weighted by atomic mass is 9.71. The molecule has 1 aromatic carbocycles. The number of hydrogen-bond donors (Lipinski definition) is 4. The van der Waals surface area contributed by atoms with Gasteiger partial charge in [0, 0.05) is 6.42 Å². The highest BCUT2D eigenvalue weighted by atomic mass is 16.4. The normalized spacial score (nSPS) is 40.7. The molecule has 0 spiro atoms. The van der Waals surface area contributed by atoms with Crippen LogP contribution >= 0.6 is 0 Å². The largest absolute Gasteiger partial charge is 0.390 e. The van der Waals surface area contributed by atoms with Crippen LogP contribution in [0.3, 0.4) is 0 Å². The van der Waals surface area contributed by atoms with Gasteiger partial charge in [-0.2, -0.15) is 0 Å². The molecule has 4 N–H and O–H groups in total. The monoisotopic (exact) mass is 252 g/mol. The molecule has 0 heterocycles. The van der Waals surface area contributed by atoms with Gasteiger partial charge in [0.1, 0.15) is 12.2 Å². The van der Waals surface area contributed by atoms with Crippen molar-refractivity contribution in [1.29, 1.82) is 0 Å². The standard InChI is InChI=1S/C14H20O4/c1-9-7-14(18,13(17)12(16)11(9)15)8-10-5-3-2-4-6-10/h2-6,9,11-13,15-18H,7-8H2,1H3. The highest BCUT2D eigenvalue weighted by Gasteiger charge is 2.49. The first kappa shape index (κ1) is 13.5. The van der Waals surface area contributed by atoms with Crippen molar-refractivity contribution in [3.63, 3.8) is 0 Å². The van der Waals surface area contributed by atoms with Gasteiger partial charge >= 0.3 is 0 Å². The molecule has 5 atom stereocenters. The predicted molar refractivity (Wildman–Crippen MR) is 66.9 cm³/mol. The molecule has 1 aliphatic carbocycles. The molecule has 4 heteroatoms. The molecule has 0 aliphatic heterocycles. The third-order valence-corrected chi connectivity index (χ3v) is 3.84. The fourth-order valence-electron chi connectivity index (χ4n) is 2.77. The molecular formula is C14H20O4. The van der Waals surface area contributed by atoms with Crippen molar-refractivity contribution in [2.24, 2.45) is 5.92 Å². The predicted octanol–water partition coefficient (Wildman–Crippen LogP) is 0.0827. The maximum atomic E-state index is 10.5. The lowest BCUT2D eigenvalue weighted by Crippen LogP contribution is -2.61. The summed E-state index contributed by atoms with van der Waals surface area (Å²) in [5, 5.41) is 40.0. The van der Waals surface area contributed by atoms with Gasteiger partial charge in [0.2, 0.25) is 0 Å². The van der Waals surface area contributed by atoms with E-state index in [1.165, 1.54) is 0 Å². The van der Waals surface area contributed by atoms with Crippen LogP contribution in [0, 0.1) is 5.92 Å². The molecule has 5 unspecified atom stereocenters. The van der Waals surface area contributed by atoms with Crippen LogP contribution in [0.1, 0.15) is 18.9 Å². The summed E-state index contributed by atoms with van der Waals surface area (Å²) in [7, 11) is 0. The van der Waals surface area contributed by atoms with Crippen LogP contribution in [0.2, 0.25) is 0 Å². The Morgan fingerprint density at radius 1 is 1.11 bits per heavy atom. The van der Waals surface area contributed by atoms with Crippen molar-refractivity contribution in [1.82, 2.24) is 0 Å². The van der Waals surface area contributed by atoms with E-state index in [-0.39, 0.29) is 18.8 Å². The summed E-state index contributed by atoms with van der Waals surface area (Å²) >= 11 is 0. The Kier molecular flexibility index (Phi) is 3.73. The van der Waals surface area contributed by atoms with E-state index in [0.29, 0.717) is 0 Å². The van der Waals surface area contributed by atoms with Crippen LogP contribution in [0.15, 0.2) is 30.3 Å². The first-order chi connectivity index (χ1) is 8.44. The van der Waals surface area contributed by atoms with Gasteiger partial charge in [0.25, 0.3) is 0 Å². The molecule has 1 aliphatic rings. The average Bonchev–Trinajstić information content (AvgIpc) is 2.35. The summed E-state index contributed by atoms with van der Waals surface area (Å²) in [5.74, 6) is -0.253. The average molecular weight is 252 g/mol. The number of hydrogen-bond acceptors (Lipinski definition) is 4. The molecule has 1 fully saturated rings. The number of aliphatic hydroxyl groups is 4. The van der Waals surface area contributed by atoms with Crippen LogP contribution in [-0.2, 0) is 6.42 Å². The van der Waals surface area contributed by atoms with E-state index in [2.05, 4.69) is 0 Å². The van der Waals surface area contributed by atoms with Gasteiger partial charge in [-0.1, -0.05) is 37.3 Å². The number of rotatable bonds is 2. The van der Waals surface area contributed by atoms with Crippen LogP contribution in [0.4, 0.5) is 0 Å². The van der Waals surface area contributed by atoms with Crippen LogP contribution in [0.5, 0.6) is 0 Å². The number of benzene rings is 1. The maximum Gasteiger partial charge on any atom is 0.111 e. The molecule has 0 amide bonds. The Morgan fingerprint density at radius 2 is 1.72 bits per heavy atom. The summed E-state index contributed by atoms with van der Waals surface area (Å²) < 4.78 is 0. The SMILES string of the molecule is CC1CC(O)(Cc2ccccc2)C(O)C(O)C1O. The Balaban J connectivity index is 2.19. The van der Waals surface area contributed by atoms with E-state index in [1.807, 2.05) is 30.3 Å². The summed E-state index contributed by atoms with van der Waals surface area (Å²) in [6, 6.07) is 9.34. The fourth-order valence-corrected chi connectivity index (χ4v) is 2.77. The second-order valence-electron chi connectivity index (χ2n) is 5.37. The van der Waals surface area contributed by atoms with Crippen LogP contribution < -0.4 is 0 Å². The molecular weight excluding hydrogens is 232 g/mol. The maximum absolute atomic E-state index is 10.5. The fraction of sp³-hybridized carbons (Fsp3) is 0.571. The lowest BCUT2D eigenvalue weighted by molar-refractivity contribution is -0.201. The topological polar surface area (TPSA) is 80.9 Å². The van der Waals surface area contributed by atoms with Crippen LogP contribution in [0.25, 0.3) is 0 Å². The Labute approximate surface area is 107 Å². The van der Waals surface area contributed by atoms with Crippen molar-refractivity contribution < 1.29 is 20.4 Å². The molecule has 0 saturated heterocycles. The van der Waals surface area contributed by atoms with E-state index in [9.17, 15) is 20.4 Å². The third kappa shape index (κ3) is 2.42. The minimum absolute atomic E-state index is 0.253. The quantitative estimate of drug-likeness (QED) is 0.601. The molecule has 1 saturated carbocycles. The minimum atomic E-state index is -1.39. The summed E-state index contributed by atoms with van der Waals surface area (Å²) in [6.07, 6.45) is -3.09. The second kappa shape index (κ2) is 4.97. The van der Waals surface area contributed by atoms with Crippen molar-refractivity contribution in [3.8, 4) is 0 Å². The smallest absolute Gasteiger partial charge is 0.111 e. The van der Waals surface area contributed by atoms with E-state index in [4.69, 9.17) is 0 Å². The zero-order valence-electron chi connectivity index (χ0n) is 10.4. The second-order valence-corrected chi connectivity index (χ2v) is 5.37. The highest BCUT2D eigenvalue weighted by Crippen LogP contribution is 2.35. The van der Waals surface area contributed by atoms with Gasteiger partial charge in [-0.3, -0.25) is 0 Å². The summed E-state index contributed by atoms with van der Waals surface area (Å²) in [6.45, 7) is 1.76. The van der Waals surface area contributed by atoms with Crippen molar-refractivity contribution >= 4 is 0 Å². The minimum Gasteiger partial charge on any atom is -0.390 e. The van der Waals surface area contributed by atoms with Gasteiger partial charge < -0.3 is 20.4 Å². The van der Waals surface area contributed by atoms with Crippen molar-refractivity contribution in [3.05, 3.63) is 35.9 Å². The molecule has 100 valence electrons. The first-order valence-corrected chi connectivity index (χ1v) is 6.24. The van der Waals surface area contributed by atoms with E-state index in [1.54, 1.807) is 6.92 Å². The van der Waals surface area contributed by atoms with E-state index < -0.39 is 23.9 Å². The van der Waals surface area contributed by atoms with Gasteiger partial charge in [-0.05, 0) is 17.9 Å². The third-order valence-electron chi connectivity index (χ3n) is 3.84. The Bertz CT molecular complexity index is 394. The zero-order chi connectivity index (χ0) is 13.3. The van der Waals surface area contributed by atoms with E-state index >= 15 is 0 Å². The van der Waals surface area contributed by atoms with Gasteiger partial charge in [-0.15, -0.1) is 0 Å². The van der Waals surface area contributed by atoms with Gasteiger partial charge in [0.05, 0.1) is 11.7 Å². The molecule has 1 aromatic rings. The molecule has 0 bridgehead atoms. The molecule has 2 rings (SSSR count). The van der Waals surface area contributed by atoms with E-state index in [0.717, 1.165) is 5.56 Å². The molecule has 18 heavy (non-hydrogen) atoms. The van der Waals surface area contributed by atoms with Crippen molar-refractivity contribution in [2.45, 2.75) is 43.7 Å². The Morgan fingerprint density at radius 3 is 2.33 bits per heavy atom. The molecule has 0 aromatic heterocycles. The summed E-state index contributed by atoms with van der Waals surface area (Å²) in [5.41, 5.74) is -0.491. The summed E-state index contributed by atoms with van der Waals surface area (Å²) in [4.78, 5) is 0. The van der Waals surface area contributed by atoms with Gasteiger partial charge in [-0.25, -0.2) is 0 Å². The first-order valence-electron chi connectivity index (χ1n) is 6.24. The zero-order valence-corrected chi connectivity index (χ0v) is 10.4. The highest BCUT2D eigenvalue weighted by molar-refractivity contribution is 5.19. The lowest BCUT2D eigenvalue weighted by Gasteiger charge is -2.45. The Hall–Kier alpha value is -0.940. The van der Waals surface area contributed by atoms with Crippen LogP contribution in [-0.4, -0.2) is 44.3 Å². The molecule has 4 nitrogen and oxygen atoms in total. The molecule has 0 radical (unpaired) electrons. The van der Waals surface area contributed by atoms with Gasteiger partial charge in [0.15, 0.2) is 0 Å². The van der Waals surface area contributed by atoms with Crippen molar-refractivity contribution in [2.75, 3.05) is 0 Å². The number of aliphatic hydroxyl groups excluding tert-OH is 3.